The van der Waals surface area contributed by atoms with E-state index >= 15 is 0 Å². The Balaban J connectivity index is 1.13. The Morgan fingerprint density at radius 3 is 2.46 bits per heavy atom. The number of nitrogens with two attached hydrogens (primary N) is 1. The van der Waals surface area contributed by atoms with E-state index in [9.17, 15) is 17.6 Å². The highest BCUT2D eigenvalue weighted by Gasteiger charge is 2.30. The Labute approximate surface area is 277 Å². The molecule has 0 bridgehead atoms. The standard InChI is InChI=1S/C34H35FN6O6S/c1-22-14-32(47-31-5-3-2-4-28(31)35)37-20-30(22)41-34(36)27(19-38-41)33(42)25-15-23-17-26(21-48(43,44)40-8-12-46-13-9-40)29(18-24(23)16-25)39-6-10-45-11-7-39/h2-5,14,16-20H,6-13,15,21,36H2,1H3. The van der Waals surface area contributed by atoms with Crippen molar-refractivity contribution in [2.45, 2.75) is 19.1 Å². The molecule has 12 nitrogen and oxygen atoms in total. The van der Waals surface area contributed by atoms with Gasteiger partial charge in [0.2, 0.25) is 15.9 Å². The molecule has 2 aromatic heterocycles. The molecule has 14 heteroatoms. The number of nitrogens with zero attached hydrogens (tertiary/aromatic N) is 5. The average molecular weight is 675 g/mol. The number of carbonyl (C=O) groups excluding carboxylic acids is 1. The zero-order chi connectivity index (χ0) is 33.4. The summed E-state index contributed by atoms with van der Waals surface area (Å²) in [7, 11) is -3.59. The number of fused-ring (bicyclic) bond motifs is 1. The van der Waals surface area contributed by atoms with Crippen LogP contribution >= 0.6 is 0 Å². The smallest absolute Gasteiger partial charge is 0.219 e. The van der Waals surface area contributed by atoms with Crippen LogP contribution in [0.25, 0.3) is 11.8 Å². The van der Waals surface area contributed by atoms with E-state index in [1.807, 2.05) is 25.1 Å². The van der Waals surface area contributed by atoms with E-state index in [4.69, 9.17) is 19.9 Å². The van der Waals surface area contributed by atoms with Crippen molar-refractivity contribution >= 4 is 33.4 Å². The molecule has 2 saturated heterocycles. The molecule has 0 radical (unpaired) electrons. The highest BCUT2D eigenvalue weighted by Crippen LogP contribution is 2.36. The van der Waals surface area contributed by atoms with Crippen molar-refractivity contribution in [2.75, 3.05) is 63.2 Å². The summed E-state index contributed by atoms with van der Waals surface area (Å²) in [5.74, 6) is -0.516. The first-order valence-electron chi connectivity index (χ1n) is 15.7. The minimum atomic E-state index is -3.59. The van der Waals surface area contributed by atoms with Gasteiger partial charge in [-0.3, -0.25) is 4.79 Å². The van der Waals surface area contributed by atoms with Gasteiger partial charge < -0.3 is 24.8 Å². The van der Waals surface area contributed by atoms with E-state index in [-0.39, 0.29) is 34.5 Å². The second kappa shape index (κ2) is 13.1. The van der Waals surface area contributed by atoms with Gasteiger partial charge >= 0.3 is 0 Å². The van der Waals surface area contributed by atoms with Gasteiger partial charge in [-0.1, -0.05) is 18.2 Å². The maximum Gasteiger partial charge on any atom is 0.219 e. The molecule has 2 fully saturated rings. The summed E-state index contributed by atoms with van der Waals surface area (Å²) in [4.78, 5) is 20.3. The van der Waals surface area contributed by atoms with Crippen LogP contribution in [-0.2, 0) is 31.7 Å². The molecule has 2 aliphatic heterocycles. The monoisotopic (exact) mass is 674 g/mol. The van der Waals surface area contributed by atoms with E-state index in [1.165, 1.54) is 33.5 Å². The molecule has 250 valence electrons. The molecule has 4 heterocycles. The zero-order valence-electron chi connectivity index (χ0n) is 26.4. The van der Waals surface area contributed by atoms with E-state index in [0.717, 1.165) is 16.8 Å². The summed E-state index contributed by atoms with van der Waals surface area (Å²) < 4.78 is 60.4. The molecule has 0 unspecified atom stereocenters. The largest absolute Gasteiger partial charge is 0.436 e. The predicted molar refractivity (Wildman–Crippen MR) is 177 cm³/mol. The number of benzene rings is 2. The number of para-hydroxylation sites is 1. The van der Waals surface area contributed by atoms with Crippen molar-refractivity contribution < 1.29 is 31.8 Å². The Kier molecular flexibility index (Phi) is 8.73. The molecule has 0 spiro atoms. The van der Waals surface area contributed by atoms with Crippen molar-refractivity contribution in [3.63, 3.8) is 0 Å². The van der Waals surface area contributed by atoms with Crippen molar-refractivity contribution in [1.29, 1.82) is 0 Å². The first-order chi connectivity index (χ1) is 23.2. The van der Waals surface area contributed by atoms with Crippen LogP contribution in [0.15, 0.2) is 60.4 Å². The molecule has 0 amide bonds. The molecule has 4 aromatic rings. The number of pyridine rings is 1. The van der Waals surface area contributed by atoms with Crippen LogP contribution in [0.4, 0.5) is 15.9 Å². The van der Waals surface area contributed by atoms with E-state index in [2.05, 4.69) is 15.0 Å². The Morgan fingerprint density at radius 2 is 1.73 bits per heavy atom. The number of allylic oxidation sites excluding steroid dienone is 1. The molecule has 48 heavy (non-hydrogen) atoms. The number of anilines is 2. The average Bonchev–Trinajstić information content (AvgIpc) is 3.69. The second-order valence-corrected chi connectivity index (χ2v) is 13.9. The second-order valence-electron chi connectivity index (χ2n) is 11.9. The van der Waals surface area contributed by atoms with E-state index in [0.29, 0.717) is 81.4 Å². The Bertz CT molecular complexity index is 2020. The van der Waals surface area contributed by atoms with Gasteiger partial charge in [0.15, 0.2) is 17.3 Å². The lowest BCUT2D eigenvalue weighted by Gasteiger charge is -2.32. The fourth-order valence-corrected chi connectivity index (χ4v) is 7.76. The molecule has 7 rings (SSSR count). The molecule has 0 atom stereocenters. The first kappa shape index (κ1) is 31.9. The van der Waals surface area contributed by atoms with Crippen molar-refractivity contribution in [2.24, 2.45) is 0 Å². The highest BCUT2D eigenvalue weighted by atomic mass is 32.2. The maximum absolute atomic E-state index is 14.1. The van der Waals surface area contributed by atoms with E-state index < -0.39 is 15.8 Å². The van der Waals surface area contributed by atoms with Crippen LogP contribution in [0.5, 0.6) is 11.6 Å². The number of carbonyl (C=O) groups is 1. The minimum Gasteiger partial charge on any atom is -0.436 e. The number of aryl methyl sites for hydroxylation is 1. The molecule has 0 saturated carbocycles. The number of hydrogen-bond donors (Lipinski definition) is 1. The van der Waals surface area contributed by atoms with Crippen molar-refractivity contribution in [3.8, 4) is 17.3 Å². The number of ketones is 1. The van der Waals surface area contributed by atoms with Gasteiger partial charge in [0.25, 0.3) is 0 Å². The van der Waals surface area contributed by atoms with Gasteiger partial charge in [0.05, 0.1) is 55.8 Å². The minimum absolute atomic E-state index is 0.0531. The highest BCUT2D eigenvalue weighted by molar-refractivity contribution is 7.88. The molecule has 1 aliphatic carbocycles. The van der Waals surface area contributed by atoms with Crippen LogP contribution in [0, 0.1) is 12.7 Å². The van der Waals surface area contributed by atoms with Crippen molar-refractivity contribution in [3.05, 3.63) is 94.1 Å². The number of morpholine rings is 2. The summed E-state index contributed by atoms with van der Waals surface area (Å²) in [5, 5.41) is 4.39. The van der Waals surface area contributed by atoms with Crippen LogP contribution in [0.2, 0.25) is 0 Å². The fourth-order valence-electron chi connectivity index (χ4n) is 6.24. The lowest BCUT2D eigenvalue weighted by molar-refractivity contribution is 0.0729. The number of aromatic nitrogens is 3. The summed E-state index contributed by atoms with van der Waals surface area (Å²) in [6.45, 7) is 5.59. The third-order valence-corrected chi connectivity index (χ3v) is 10.6. The van der Waals surface area contributed by atoms with Crippen LogP contribution in [0.3, 0.4) is 0 Å². The van der Waals surface area contributed by atoms with Gasteiger partial charge in [-0.15, -0.1) is 0 Å². The lowest BCUT2D eigenvalue weighted by Crippen LogP contribution is -2.41. The SMILES string of the molecule is Cc1cc(Oc2ccccc2F)ncc1-n1ncc(C(=O)C2=Cc3cc(N4CCOCC4)c(CS(=O)(=O)N4CCOCC4)cc3C2)c1N. The van der Waals surface area contributed by atoms with Gasteiger partial charge in [-0.25, -0.2) is 22.5 Å². The maximum atomic E-state index is 14.1. The lowest BCUT2D eigenvalue weighted by atomic mass is 10.0. The van der Waals surface area contributed by atoms with Gasteiger partial charge in [0, 0.05) is 49.9 Å². The summed E-state index contributed by atoms with van der Waals surface area (Å²) in [6, 6.07) is 11.6. The Morgan fingerprint density at radius 1 is 1.00 bits per heavy atom. The number of sulfonamides is 1. The van der Waals surface area contributed by atoms with Crippen LogP contribution < -0.4 is 15.4 Å². The van der Waals surface area contributed by atoms with Gasteiger partial charge in [-0.2, -0.15) is 9.40 Å². The summed E-state index contributed by atoms with van der Waals surface area (Å²) >= 11 is 0. The van der Waals surface area contributed by atoms with Crippen molar-refractivity contribution in [1.82, 2.24) is 19.1 Å². The third kappa shape index (κ3) is 6.31. The van der Waals surface area contributed by atoms with E-state index in [1.54, 1.807) is 18.2 Å². The third-order valence-electron chi connectivity index (χ3n) is 8.78. The first-order valence-corrected chi connectivity index (χ1v) is 17.3. The van der Waals surface area contributed by atoms with Gasteiger partial charge in [-0.05, 0) is 53.5 Å². The molecular weight excluding hydrogens is 639 g/mol. The Hall–Kier alpha value is -4.63. The molecular formula is C34H35FN6O6S. The zero-order valence-corrected chi connectivity index (χ0v) is 27.2. The predicted octanol–water partition coefficient (Wildman–Crippen LogP) is 3.91. The summed E-state index contributed by atoms with van der Waals surface area (Å²) in [5.41, 5.74) is 11.8. The number of Topliss-reactive ketones (excluding diaryl/α,β-unsaturated/α-hetero) is 1. The normalized spacial score (nSPS) is 16.9. The van der Waals surface area contributed by atoms with Crippen LogP contribution in [-0.4, -0.2) is 85.9 Å². The molecule has 2 N–H and O–H groups in total. The number of rotatable bonds is 9. The molecule has 3 aliphatic rings. The summed E-state index contributed by atoms with van der Waals surface area (Å²) in [6.07, 6.45) is 5.12. The number of ether oxygens (including phenoxy) is 3. The molecule has 2 aromatic carbocycles. The number of hydrogen-bond acceptors (Lipinski definition) is 10. The number of nitrogen functional groups attached to an aromatic ring is 1. The quantitative estimate of drug-likeness (QED) is 0.260. The topological polar surface area (TPSA) is 142 Å². The fraction of sp³-hybridized carbons (Fsp3) is 0.324. The number of halogens is 1. The van der Waals surface area contributed by atoms with Crippen LogP contribution in [0.1, 0.15) is 32.6 Å². The van der Waals surface area contributed by atoms with Gasteiger partial charge in [0.1, 0.15) is 5.82 Å².